The van der Waals surface area contributed by atoms with E-state index in [0.717, 1.165) is 0 Å². The first-order chi connectivity index (χ1) is 6.15. The Morgan fingerprint density at radius 1 is 1.77 bits per heavy atom. The van der Waals surface area contributed by atoms with E-state index in [9.17, 15) is 4.79 Å². The average Bonchev–Trinajstić information content (AvgIpc) is 2.51. The first kappa shape index (κ1) is 9.96. The van der Waals surface area contributed by atoms with Gasteiger partial charge in [-0.25, -0.2) is 0 Å². The summed E-state index contributed by atoms with van der Waals surface area (Å²) < 4.78 is 0. The van der Waals surface area contributed by atoms with Crippen LogP contribution in [-0.2, 0) is 4.79 Å². The predicted octanol–water partition coefficient (Wildman–Crippen LogP) is -1.44. The molecule has 0 aliphatic carbocycles. The molecule has 1 aliphatic heterocycles. The number of nitrogens with two attached hydrogens (primary N) is 1. The van der Waals surface area contributed by atoms with Crippen LogP contribution >= 0.6 is 0 Å². The van der Waals surface area contributed by atoms with Gasteiger partial charge in [0.15, 0.2) is 0 Å². The van der Waals surface area contributed by atoms with Gasteiger partial charge in [0, 0.05) is 13.1 Å². The maximum absolute atomic E-state index is 11.2. The van der Waals surface area contributed by atoms with Crippen LogP contribution < -0.4 is 16.4 Å². The highest BCUT2D eigenvalue weighted by Crippen LogP contribution is 2.07. The van der Waals surface area contributed by atoms with Gasteiger partial charge in [-0.2, -0.15) is 5.26 Å². The van der Waals surface area contributed by atoms with Crippen molar-refractivity contribution in [3.63, 3.8) is 0 Å². The molecule has 0 aromatic carbocycles. The van der Waals surface area contributed by atoms with Crippen LogP contribution in [0.4, 0.5) is 0 Å². The fraction of sp³-hybridized carbons (Fsp3) is 0.750. The molecule has 5 heteroatoms. The molecular weight excluding hydrogens is 168 g/mol. The highest BCUT2D eigenvalue weighted by molar-refractivity contribution is 5.81. The van der Waals surface area contributed by atoms with Gasteiger partial charge in [-0.3, -0.25) is 4.79 Å². The van der Waals surface area contributed by atoms with Gasteiger partial charge in [-0.1, -0.05) is 0 Å². The lowest BCUT2D eigenvalue weighted by molar-refractivity contribution is -0.122. The fourth-order valence-corrected chi connectivity index (χ4v) is 1.28. The molecule has 3 atom stereocenters. The molecule has 1 amide bonds. The summed E-state index contributed by atoms with van der Waals surface area (Å²) in [4.78, 5) is 11.2. The zero-order valence-corrected chi connectivity index (χ0v) is 7.58. The van der Waals surface area contributed by atoms with E-state index in [-0.39, 0.29) is 17.9 Å². The maximum Gasteiger partial charge on any atom is 0.236 e. The SMILES string of the molecule is C[C@@H](N)C(=O)NC1CNCC1C#N. The van der Waals surface area contributed by atoms with Crippen LogP contribution in [0.5, 0.6) is 0 Å². The second-order valence-electron chi connectivity index (χ2n) is 3.30. The van der Waals surface area contributed by atoms with E-state index in [1.165, 1.54) is 0 Å². The van der Waals surface area contributed by atoms with E-state index < -0.39 is 6.04 Å². The van der Waals surface area contributed by atoms with Gasteiger partial charge in [0.05, 0.1) is 24.1 Å². The third kappa shape index (κ3) is 2.41. The van der Waals surface area contributed by atoms with Crippen LogP contribution in [0.25, 0.3) is 0 Å². The van der Waals surface area contributed by atoms with Gasteiger partial charge >= 0.3 is 0 Å². The lowest BCUT2D eigenvalue weighted by Gasteiger charge is -2.15. The molecular formula is C8H14N4O. The first-order valence-corrected chi connectivity index (χ1v) is 4.31. The summed E-state index contributed by atoms with van der Waals surface area (Å²) in [5.41, 5.74) is 5.39. The first-order valence-electron chi connectivity index (χ1n) is 4.31. The summed E-state index contributed by atoms with van der Waals surface area (Å²) in [5, 5.41) is 14.5. The summed E-state index contributed by atoms with van der Waals surface area (Å²) in [5.74, 6) is -0.336. The zero-order chi connectivity index (χ0) is 9.84. The molecule has 1 fully saturated rings. The van der Waals surface area contributed by atoms with Gasteiger partial charge in [-0.15, -0.1) is 0 Å². The maximum atomic E-state index is 11.2. The normalized spacial score (nSPS) is 29.3. The van der Waals surface area contributed by atoms with Crippen molar-refractivity contribution in [3.8, 4) is 6.07 Å². The lowest BCUT2D eigenvalue weighted by Crippen LogP contribution is -2.46. The topological polar surface area (TPSA) is 90.9 Å². The van der Waals surface area contributed by atoms with E-state index in [4.69, 9.17) is 11.0 Å². The van der Waals surface area contributed by atoms with Crippen LogP contribution in [0.1, 0.15) is 6.92 Å². The molecule has 1 heterocycles. The van der Waals surface area contributed by atoms with Gasteiger partial charge in [0.1, 0.15) is 0 Å². The van der Waals surface area contributed by atoms with Crippen molar-refractivity contribution in [2.45, 2.75) is 19.0 Å². The van der Waals surface area contributed by atoms with E-state index in [2.05, 4.69) is 16.7 Å². The Morgan fingerprint density at radius 2 is 2.46 bits per heavy atom. The summed E-state index contributed by atoms with van der Waals surface area (Å²) in [6.07, 6.45) is 0. The van der Waals surface area contributed by atoms with Crippen molar-refractivity contribution in [2.24, 2.45) is 11.7 Å². The number of rotatable bonds is 2. The van der Waals surface area contributed by atoms with Crippen LogP contribution in [0, 0.1) is 17.2 Å². The molecule has 72 valence electrons. The van der Waals surface area contributed by atoms with E-state index >= 15 is 0 Å². The molecule has 4 N–H and O–H groups in total. The molecule has 0 bridgehead atoms. The molecule has 1 rings (SSSR count). The molecule has 5 nitrogen and oxygen atoms in total. The molecule has 1 aliphatic rings. The van der Waals surface area contributed by atoms with Crippen molar-refractivity contribution in [3.05, 3.63) is 0 Å². The number of nitrogens with one attached hydrogen (secondary N) is 2. The van der Waals surface area contributed by atoms with Crippen molar-refractivity contribution in [1.29, 1.82) is 5.26 Å². The highest BCUT2D eigenvalue weighted by atomic mass is 16.2. The Hall–Kier alpha value is -1.12. The summed E-state index contributed by atoms with van der Waals surface area (Å²) in [6.45, 7) is 2.91. The van der Waals surface area contributed by atoms with Crippen LogP contribution in [0.15, 0.2) is 0 Å². The minimum atomic E-state index is -0.514. The van der Waals surface area contributed by atoms with Gasteiger partial charge in [0.2, 0.25) is 5.91 Å². The van der Waals surface area contributed by atoms with Crippen molar-refractivity contribution in [1.82, 2.24) is 10.6 Å². The number of hydrogen-bond acceptors (Lipinski definition) is 4. The van der Waals surface area contributed by atoms with Crippen LogP contribution in [0.3, 0.4) is 0 Å². The number of carbonyl (C=O) groups excluding carboxylic acids is 1. The molecule has 2 unspecified atom stereocenters. The molecule has 13 heavy (non-hydrogen) atoms. The lowest BCUT2D eigenvalue weighted by atomic mass is 10.1. The zero-order valence-electron chi connectivity index (χ0n) is 7.58. The number of nitriles is 1. The Labute approximate surface area is 77.3 Å². The number of hydrogen-bond donors (Lipinski definition) is 3. The Kier molecular flexibility index (Phi) is 3.23. The van der Waals surface area contributed by atoms with Gasteiger partial charge in [0.25, 0.3) is 0 Å². The molecule has 0 aromatic rings. The van der Waals surface area contributed by atoms with Crippen LogP contribution in [0.2, 0.25) is 0 Å². The summed E-state index contributed by atoms with van der Waals surface area (Å²) in [7, 11) is 0. The van der Waals surface area contributed by atoms with Crippen LogP contribution in [-0.4, -0.2) is 31.1 Å². The Balaban J connectivity index is 2.45. The van der Waals surface area contributed by atoms with Crippen molar-refractivity contribution >= 4 is 5.91 Å². The Morgan fingerprint density at radius 3 is 3.00 bits per heavy atom. The van der Waals surface area contributed by atoms with Crippen molar-refractivity contribution in [2.75, 3.05) is 13.1 Å². The molecule has 1 saturated heterocycles. The minimum Gasteiger partial charge on any atom is -0.349 e. The molecule has 0 saturated carbocycles. The average molecular weight is 182 g/mol. The monoisotopic (exact) mass is 182 g/mol. The molecule has 0 radical (unpaired) electrons. The summed E-state index contributed by atoms with van der Waals surface area (Å²) >= 11 is 0. The second kappa shape index (κ2) is 4.21. The third-order valence-electron chi connectivity index (χ3n) is 2.12. The van der Waals surface area contributed by atoms with Gasteiger partial charge < -0.3 is 16.4 Å². The van der Waals surface area contributed by atoms with Crippen molar-refractivity contribution < 1.29 is 4.79 Å². The largest absolute Gasteiger partial charge is 0.349 e. The standard InChI is InChI=1S/C8H14N4O/c1-5(10)8(13)12-7-4-11-3-6(7)2-9/h5-7,11H,3-4,10H2,1H3,(H,12,13)/t5-,6?,7?/m1/s1. The summed E-state index contributed by atoms with van der Waals surface area (Å²) in [6, 6.07) is 1.53. The third-order valence-corrected chi connectivity index (χ3v) is 2.12. The molecule has 0 spiro atoms. The highest BCUT2D eigenvalue weighted by Gasteiger charge is 2.28. The van der Waals surface area contributed by atoms with E-state index in [1.807, 2.05) is 0 Å². The van der Waals surface area contributed by atoms with Gasteiger partial charge in [-0.05, 0) is 6.92 Å². The number of carbonyl (C=O) groups is 1. The number of amides is 1. The minimum absolute atomic E-state index is 0.0940. The van der Waals surface area contributed by atoms with E-state index in [0.29, 0.717) is 13.1 Å². The smallest absolute Gasteiger partial charge is 0.236 e. The Bertz CT molecular complexity index is 233. The number of nitrogens with zero attached hydrogens (tertiary/aromatic N) is 1. The quantitative estimate of drug-likeness (QED) is 0.488. The fourth-order valence-electron chi connectivity index (χ4n) is 1.28. The second-order valence-corrected chi connectivity index (χ2v) is 3.30. The predicted molar refractivity (Wildman–Crippen MR) is 47.6 cm³/mol. The van der Waals surface area contributed by atoms with E-state index in [1.54, 1.807) is 6.92 Å². The molecule has 0 aromatic heterocycles.